The molecule has 2 aliphatic heterocycles. The van der Waals surface area contributed by atoms with Crippen LogP contribution in [0.4, 0.5) is 0 Å². The first-order chi connectivity index (χ1) is 11.7. The third kappa shape index (κ3) is 2.72. The van der Waals surface area contributed by atoms with E-state index in [1.165, 1.54) is 0 Å². The van der Waals surface area contributed by atoms with Gasteiger partial charge in [-0.15, -0.1) is 0 Å². The van der Waals surface area contributed by atoms with Crippen molar-refractivity contribution in [1.82, 2.24) is 25.2 Å². The van der Waals surface area contributed by atoms with Gasteiger partial charge in [0.1, 0.15) is 6.61 Å². The van der Waals surface area contributed by atoms with E-state index in [1.807, 2.05) is 6.92 Å². The summed E-state index contributed by atoms with van der Waals surface area (Å²) in [5, 5.41) is 7.94. The van der Waals surface area contributed by atoms with Crippen molar-refractivity contribution in [3.05, 3.63) is 23.4 Å². The maximum absolute atomic E-state index is 5.49. The lowest BCUT2D eigenvalue weighted by Gasteiger charge is -2.41. The number of ether oxygens (including phenoxy) is 2. The Hall–Kier alpha value is -1.84. The normalized spacial score (nSPS) is 23.0. The van der Waals surface area contributed by atoms with Gasteiger partial charge in [-0.2, -0.15) is 9.97 Å². The van der Waals surface area contributed by atoms with Crippen molar-refractivity contribution < 1.29 is 18.5 Å². The molecule has 2 aromatic heterocycles. The summed E-state index contributed by atoms with van der Waals surface area (Å²) in [5.74, 6) is 2.77. The lowest BCUT2D eigenvalue weighted by Crippen LogP contribution is -2.48. The van der Waals surface area contributed by atoms with Crippen LogP contribution in [0, 0.1) is 5.41 Å². The number of hydrogen-bond acceptors (Lipinski definition) is 9. The van der Waals surface area contributed by atoms with Gasteiger partial charge in [0.25, 0.3) is 0 Å². The van der Waals surface area contributed by atoms with E-state index in [0.29, 0.717) is 44.0 Å². The fourth-order valence-electron chi connectivity index (χ4n) is 3.48. The molecule has 0 aliphatic carbocycles. The molecule has 2 aliphatic rings. The minimum absolute atomic E-state index is 0.0322. The van der Waals surface area contributed by atoms with E-state index in [0.717, 1.165) is 25.3 Å². The zero-order valence-corrected chi connectivity index (χ0v) is 13.9. The highest BCUT2D eigenvalue weighted by Gasteiger charge is 2.54. The van der Waals surface area contributed by atoms with E-state index < -0.39 is 0 Å². The average molecular weight is 335 g/mol. The molecule has 0 amide bonds. The average Bonchev–Trinajstić information content (AvgIpc) is 3.24. The molecule has 2 fully saturated rings. The van der Waals surface area contributed by atoms with Crippen LogP contribution in [0.1, 0.15) is 36.3 Å². The molecule has 0 bridgehead atoms. The van der Waals surface area contributed by atoms with Crippen molar-refractivity contribution in [2.45, 2.75) is 32.4 Å². The summed E-state index contributed by atoms with van der Waals surface area (Å²) >= 11 is 0. The molecule has 4 rings (SSSR count). The molecule has 1 spiro atoms. The first kappa shape index (κ1) is 15.7. The summed E-state index contributed by atoms with van der Waals surface area (Å²) in [4.78, 5) is 11.2. The SMILES string of the molecule is CCc1noc(CN2CC(c3nc(COC)no3)C3(COC3)C2)n1. The van der Waals surface area contributed by atoms with Crippen LogP contribution in [0.15, 0.2) is 9.05 Å². The summed E-state index contributed by atoms with van der Waals surface area (Å²) in [6, 6.07) is 0. The Morgan fingerprint density at radius 1 is 1.21 bits per heavy atom. The zero-order valence-electron chi connectivity index (χ0n) is 13.9. The first-order valence-electron chi connectivity index (χ1n) is 8.15. The maximum Gasteiger partial charge on any atom is 0.240 e. The van der Waals surface area contributed by atoms with E-state index in [4.69, 9.17) is 18.5 Å². The number of likely N-dealkylation sites (tertiary alicyclic amines) is 1. The van der Waals surface area contributed by atoms with Gasteiger partial charge in [-0.1, -0.05) is 17.2 Å². The highest BCUT2D eigenvalue weighted by atomic mass is 16.5. The molecule has 2 saturated heterocycles. The topological polar surface area (TPSA) is 99.5 Å². The second-order valence-electron chi connectivity index (χ2n) is 6.52. The second kappa shape index (κ2) is 6.23. The van der Waals surface area contributed by atoms with E-state index >= 15 is 0 Å². The fourth-order valence-corrected chi connectivity index (χ4v) is 3.48. The van der Waals surface area contributed by atoms with Crippen molar-refractivity contribution in [2.24, 2.45) is 5.41 Å². The summed E-state index contributed by atoms with van der Waals surface area (Å²) in [5.41, 5.74) is 0.0322. The lowest BCUT2D eigenvalue weighted by atomic mass is 9.76. The van der Waals surface area contributed by atoms with Crippen molar-refractivity contribution in [1.29, 1.82) is 0 Å². The number of rotatable bonds is 6. The molecule has 0 aromatic carbocycles. The molecule has 4 heterocycles. The highest BCUT2D eigenvalue weighted by molar-refractivity contribution is 5.13. The van der Waals surface area contributed by atoms with Crippen LogP contribution >= 0.6 is 0 Å². The van der Waals surface area contributed by atoms with E-state index in [9.17, 15) is 0 Å². The second-order valence-corrected chi connectivity index (χ2v) is 6.52. The van der Waals surface area contributed by atoms with Gasteiger partial charge >= 0.3 is 0 Å². The van der Waals surface area contributed by atoms with Gasteiger partial charge in [0.15, 0.2) is 11.6 Å². The van der Waals surface area contributed by atoms with Gasteiger partial charge in [-0.05, 0) is 0 Å². The van der Waals surface area contributed by atoms with Gasteiger partial charge in [0, 0.05) is 32.0 Å². The fraction of sp³-hybridized carbons (Fsp3) is 0.733. The summed E-state index contributed by atoms with van der Waals surface area (Å²) in [6.45, 7) is 6.11. The smallest absolute Gasteiger partial charge is 0.240 e. The van der Waals surface area contributed by atoms with Crippen LogP contribution in [0.2, 0.25) is 0 Å². The Balaban J connectivity index is 1.49. The highest BCUT2D eigenvalue weighted by Crippen LogP contribution is 2.47. The van der Waals surface area contributed by atoms with Crippen LogP contribution < -0.4 is 0 Å². The molecule has 9 nitrogen and oxygen atoms in total. The van der Waals surface area contributed by atoms with Crippen molar-refractivity contribution >= 4 is 0 Å². The standard InChI is InChI=1S/C15H21N5O4/c1-3-11-16-13(23-18-11)5-20-4-10(15(7-20)8-22-9-15)14-17-12(6-21-2)19-24-14/h10H,3-9H2,1-2H3. The van der Waals surface area contributed by atoms with Gasteiger partial charge in [-0.25, -0.2) is 0 Å². The van der Waals surface area contributed by atoms with Crippen molar-refractivity contribution in [3.8, 4) is 0 Å². The molecular formula is C15H21N5O4. The minimum atomic E-state index is 0.0322. The summed E-state index contributed by atoms with van der Waals surface area (Å²) in [6.07, 6.45) is 0.772. The molecule has 0 saturated carbocycles. The number of nitrogens with zero attached hydrogens (tertiary/aromatic N) is 5. The van der Waals surface area contributed by atoms with Gasteiger partial charge in [-0.3, -0.25) is 4.90 Å². The molecule has 130 valence electrons. The zero-order chi connectivity index (χ0) is 16.6. The lowest BCUT2D eigenvalue weighted by molar-refractivity contribution is -0.117. The Bertz CT molecular complexity index is 696. The third-order valence-electron chi connectivity index (χ3n) is 4.74. The van der Waals surface area contributed by atoms with Crippen LogP contribution in [0.25, 0.3) is 0 Å². The molecule has 2 aromatic rings. The Labute approximate surface area is 139 Å². The molecule has 0 radical (unpaired) electrons. The van der Waals surface area contributed by atoms with E-state index in [-0.39, 0.29) is 11.3 Å². The maximum atomic E-state index is 5.49. The predicted octanol–water partition coefficient (Wildman–Crippen LogP) is 0.777. The van der Waals surface area contributed by atoms with Crippen LogP contribution in [0.3, 0.4) is 0 Å². The van der Waals surface area contributed by atoms with E-state index in [2.05, 4.69) is 25.2 Å². The molecule has 1 atom stereocenters. The van der Waals surface area contributed by atoms with Gasteiger partial charge < -0.3 is 18.5 Å². The Morgan fingerprint density at radius 2 is 2.04 bits per heavy atom. The minimum Gasteiger partial charge on any atom is -0.380 e. The number of aromatic nitrogens is 4. The van der Waals surface area contributed by atoms with Gasteiger partial charge in [0.05, 0.1) is 25.7 Å². The third-order valence-corrected chi connectivity index (χ3v) is 4.74. The van der Waals surface area contributed by atoms with Crippen molar-refractivity contribution in [3.63, 3.8) is 0 Å². The Kier molecular flexibility index (Phi) is 4.07. The number of hydrogen-bond donors (Lipinski definition) is 0. The summed E-state index contributed by atoms with van der Waals surface area (Å²) in [7, 11) is 1.61. The first-order valence-corrected chi connectivity index (χ1v) is 8.15. The quantitative estimate of drug-likeness (QED) is 0.758. The largest absolute Gasteiger partial charge is 0.380 e. The van der Waals surface area contributed by atoms with Crippen LogP contribution in [-0.2, 0) is 29.0 Å². The van der Waals surface area contributed by atoms with Crippen LogP contribution in [0.5, 0.6) is 0 Å². The molecule has 9 heteroatoms. The van der Waals surface area contributed by atoms with E-state index in [1.54, 1.807) is 7.11 Å². The molecule has 24 heavy (non-hydrogen) atoms. The van der Waals surface area contributed by atoms with Crippen LogP contribution in [-0.4, -0.2) is 58.6 Å². The predicted molar refractivity (Wildman–Crippen MR) is 80.0 cm³/mol. The molecule has 1 unspecified atom stereocenters. The molecule has 0 N–H and O–H groups in total. The molecular weight excluding hydrogens is 314 g/mol. The monoisotopic (exact) mass is 335 g/mol. The number of methoxy groups -OCH3 is 1. The summed E-state index contributed by atoms with van der Waals surface area (Å²) < 4.78 is 21.3. The van der Waals surface area contributed by atoms with Crippen molar-refractivity contribution in [2.75, 3.05) is 33.4 Å². The Morgan fingerprint density at radius 3 is 2.71 bits per heavy atom. The van der Waals surface area contributed by atoms with Gasteiger partial charge in [0.2, 0.25) is 11.8 Å². The number of aryl methyl sites for hydroxylation is 1.